The van der Waals surface area contributed by atoms with Crippen LogP contribution in [0.2, 0.25) is 0 Å². The Morgan fingerprint density at radius 2 is 2.10 bits per heavy atom. The van der Waals surface area contributed by atoms with Crippen LogP contribution in [-0.4, -0.2) is 20.8 Å². The third-order valence-corrected chi connectivity index (χ3v) is 2.65. The van der Waals surface area contributed by atoms with Crippen molar-refractivity contribution in [2.45, 2.75) is 6.92 Å². The van der Waals surface area contributed by atoms with Crippen molar-refractivity contribution >= 4 is 23.1 Å². The van der Waals surface area contributed by atoms with Crippen LogP contribution in [0.4, 0.5) is 17.2 Å². The normalized spacial score (nSPS) is 10.1. The summed E-state index contributed by atoms with van der Waals surface area (Å²) in [4.78, 5) is 29.8. The minimum Gasteiger partial charge on any atom is -0.382 e. The Morgan fingerprint density at radius 1 is 1.35 bits per heavy atom. The van der Waals surface area contributed by atoms with Crippen molar-refractivity contribution in [2.24, 2.45) is 0 Å². The van der Waals surface area contributed by atoms with Crippen molar-refractivity contribution in [3.05, 3.63) is 52.0 Å². The van der Waals surface area contributed by atoms with E-state index in [1.807, 2.05) is 0 Å². The molecular weight excluding hydrogens is 262 g/mol. The lowest BCUT2D eigenvalue weighted by Gasteiger charge is -2.07. The molecular formula is C12H11N5O3. The van der Waals surface area contributed by atoms with Crippen molar-refractivity contribution in [1.82, 2.24) is 9.97 Å². The van der Waals surface area contributed by atoms with Crippen LogP contribution in [0.5, 0.6) is 0 Å². The molecule has 8 nitrogen and oxygen atoms in total. The highest BCUT2D eigenvalue weighted by Gasteiger charge is 2.16. The Hall–Kier alpha value is -3.03. The topological polar surface area (TPSA) is 124 Å². The maximum absolute atomic E-state index is 11.9. The Balaban J connectivity index is 2.26. The van der Waals surface area contributed by atoms with Gasteiger partial charge in [-0.1, -0.05) is 6.07 Å². The molecule has 0 spiro atoms. The van der Waals surface area contributed by atoms with E-state index in [1.54, 1.807) is 13.0 Å². The van der Waals surface area contributed by atoms with Gasteiger partial charge in [0.15, 0.2) is 0 Å². The first-order valence-electron chi connectivity index (χ1n) is 5.62. The smallest absolute Gasteiger partial charge is 0.275 e. The fourth-order valence-corrected chi connectivity index (χ4v) is 1.60. The number of anilines is 2. The van der Waals surface area contributed by atoms with Crippen LogP contribution < -0.4 is 11.1 Å². The lowest BCUT2D eigenvalue weighted by Crippen LogP contribution is -2.15. The van der Waals surface area contributed by atoms with Gasteiger partial charge in [0.05, 0.1) is 28.6 Å². The predicted octanol–water partition coefficient (Wildman–Crippen LogP) is 1.53. The molecule has 0 fully saturated rings. The largest absolute Gasteiger partial charge is 0.382 e. The minimum atomic E-state index is -0.513. The molecule has 3 N–H and O–H groups in total. The van der Waals surface area contributed by atoms with E-state index in [-0.39, 0.29) is 17.2 Å². The number of nitro groups is 1. The summed E-state index contributed by atoms with van der Waals surface area (Å²) in [5.74, 6) is -0.311. The van der Waals surface area contributed by atoms with Gasteiger partial charge < -0.3 is 11.1 Å². The van der Waals surface area contributed by atoms with Gasteiger partial charge in [-0.2, -0.15) is 0 Å². The van der Waals surface area contributed by atoms with E-state index in [4.69, 9.17) is 5.73 Å². The van der Waals surface area contributed by atoms with Gasteiger partial charge in [-0.05, 0) is 13.0 Å². The second kappa shape index (κ2) is 5.31. The van der Waals surface area contributed by atoms with Gasteiger partial charge in [0, 0.05) is 6.07 Å². The van der Waals surface area contributed by atoms with E-state index in [2.05, 4.69) is 15.3 Å². The van der Waals surface area contributed by atoms with E-state index < -0.39 is 10.8 Å². The fraction of sp³-hybridized carbons (Fsp3) is 0.0833. The molecule has 1 amide bonds. The number of benzene rings is 1. The molecule has 1 aromatic heterocycles. The van der Waals surface area contributed by atoms with Crippen LogP contribution in [0.1, 0.15) is 16.1 Å². The van der Waals surface area contributed by atoms with Gasteiger partial charge in [0.25, 0.3) is 11.6 Å². The monoisotopic (exact) mass is 273 g/mol. The molecule has 2 rings (SSSR count). The quantitative estimate of drug-likeness (QED) is 0.645. The summed E-state index contributed by atoms with van der Waals surface area (Å²) < 4.78 is 0. The standard InChI is InChI=1S/C12H11N5O3/c1-7-8(3-2-4-10(7)17(19)20)16-12(18)9-5-15-11(13)6-14-9/h2-6H,1H3,(H2,13,15)(H,16,18). The summed E-state index contributed by atoms with van der Waals surface area (Å²) in [6.45, 7) is 1.56. The number of amides is 1. The van der Waals surface area contributed by atoms with Crippen LogP contribution in [0.15, 0.2) is 30.6 Å². The fourth-order valence-electron chi connectivity index (χ4n) is 1.60. The summed E-state index contributed by atoms with van der Waals surface area (Å²) in [6, 6.07) is 4.44. The lowest BCUT2D eigenvalue weighted by molar-refractivity contribution is -0.385. The van der Waals surface area contributed by atoms with E-state index in [0.717, 1.165) is 0 Å². The van der Waals surface area contributed by atoms with Crippen LogP contribution in [0, 0.1) is 17.0 Å². The Labute approximate surface area is 113 Å². The van der Waals surface area contributed by atoms with Crippen LogP contribution in [-0.2, 0) is 0 Å². The van der Waals surface area contributed by atoms with Crippen LogP contribution in [0.3, 0.4) is 0 Å². The molecule has 20 heavy (non-hydrogen) atoms. The molecule has 0 aliphatic carbocycles. The molecule has 0 aliphatic heterocycles. The Morgan fingerprint density at radius 3 is 2.70 bits per heavy atom. The summed E-state index contributed by atoms with van der Waals surface area (Å²) in [7, 11) is 0. The molecule has 1 heterocycles. The zero-order valence-electron chi connectivity index (χ0n) is 10.5. The molecule has 0 atom stereocenters. The van der Waals surface area contributed by atoms with E-state index in [1.165, 1.54) is 24.5 Å². The third-order valence-electron chi connectivity index (χ3n) is 2.65. The number of aromatic nitrogens is 2. The summed E-state index contributed by atoms with van der Waals surface area (Å²) >= 11 is 0. The zero-order chi connectivity index (χ0) is 14.7. The average Bonchev–Trinajstić information content (AvgIpc) is 2.41. The summed E-state index contributed by atoms with van der Waals surface area (Å²) in [5, 5.41) is 13.4. The molecule has 0 unspecified atom stereocenters. The van der Waals surface area contributed by atoms with Gasteiger partial charge in [-0.3, -0.25) is 14.9 Å². The second-order valence-corrected chi connectivity index (χ2v) is 3.99. The highest BCUT2D eigenvalue weighted by molar-refractivity contribution is 6.03. The molecule has 2 aromatic rings. The molecule has 0 saturated heterocycles. The molecule has 1 aromatic carbocycles. The maximum atomic E-state index is 11.9. The summed E-state index contributed by atoms with van der Waals surface area (Å²) in [5.41, 5.74) is 6.11. The lowest BCUT2D eigenvalue weighted by atomic mass is 10.1. The molecule has 0 bridgehead atoms. The molecule has 102 valence electrons. The molecule has 0 aliphatic rings. The minimum absolute atomic E-state index is 0.0637. The van der Waals surface area contributed by atoms with Crippen molar-refractivity contribution in [3.63, 3.8) is 0 Å². The van der Waals surface area contributed by atoms with Gasteiger partial charge in [0.1, 0.15) is 11.5 Å². The van der Waals surface area contributed by atoms with E-state index in [9.17, 15) is 14.9 Å². The first-order valence-corrected chi connectivity index (χ1v) is 5.62. The van der Waals surface area contributed by atoms with Gasteiger partial charge >= 0.3 is 0 Å². The van der Waals surface area contributed by atoms with E-state index in [0.29, 0.717) is 11.3 Å². The number of hydrogen-bond donors (Lipinski definition) is 2. The number of hydrogen-bond acceptors (Lipinski definition) is 6. The summed E-state index contributed by atoms with van der Waals surface area (Å²) in [6.07, 6.45) is 2.49. The first kappa shape index (κ1) is 13.4. The highest BCUT2D eigenvalue weighted by Crippen LogP contribution is 2.25. The number of nitro benzene ring substituents is 1. The van der Waals surface area contributed by atoms with Gasteiger partial charge in [-0.25, -0.2) is 9.97 Å². The molecule has 0 saturated carbocycles. The van der Waals surface area contributed by atoms with Crippen molar-refractivity contribution in [3.8, 4) is 0 Å². The zero-order valence-corrected chi connectivity index (χ0v) is 10.5. The highest BCUT2D eigenvalue weighted by atomic mass is 16.6. The van der Waals surface area contributed by atoms with Crippen LogP contribution >= 0.6 is 0 Å². The number of nitrogens with one attached hydrogen (secondary N) is 1. The third kappa shape index (κ3) is 2.69. The molecule has 0 radical (unpaired) electrons. The number of rotatable bonds is 3. The SMILES string of the molecule is Cc1c(NC(=O)c2cnc(N)cn2)cccc1[N+](=O)[O-]. The number of nitrogens with zero attached hydrogens (tertiary/aromatic N) is 3. The van der Waals surface area contributed by atoms with Crippen molar-refractivity contribution in [1.29, 1.82) is 0 Å². The van der Waals surface area contributed by atoms with E-state index >= 15 is 0 Å². The Bertz CT molecular complexity index is 669. The van der Waals surface area contributed by atoms with Gasteiger partial charge in [-0.15, -0.1) is 0 Å². The van der Waals surface area contributed by atoms with Crippen molar-refractivity contribution < 1.29 is 9.72 Å². The van der Waals surface area contributed by atoms with Gasteiger partial charge in [0.2, 0.25) is 0 Å². The average molecular weight is 273 g/mol. The van der Waals surface area contributed by atoms with Crippen LogP contribution in [0.25, 0.3) is 0 Å². The number of carbonyl (C=O) groups excluding carboxylic acids is 1. The predicted molar refractivity (Wildman–Crippen MR) is 72.2 cm³/mol. The first-order chi connectivity index (χ1) is 9.49. The molecule has 8 heteroatoms. The number of nitrogens with two attached hydrogens (primary N) is 1. The Kier molecular flexibility index (Phi) is 3.56. The maximum Gasteiger partial charge on any atom is 0.275 e. The second-order valence-electron chi connectivity index (χ2n) is 3.99. The number of nitrogen functional groups attached to an aromatic ring is 1. The number of carbonyl (C=O) groups is 1. The van der Waals surface area contributed by atoms with Crippen molar-refractivity contribution in [2.75, 3.05) is 11.1 Å².